The van der Waals surface area contributed by atoms with Crippen molar-refractivity contribution in [1.29, 1.82) is 0 Å². The van der Waals surface area contributed by atoms with Gasteiger partial charge in [0.25, 0.3) is 0 Å². The smallest absolute Gasteiger partial charge is 0.0606 e. The van der Waals surface area contributed by atoms with E-state index < -0.39 is 0 Å². The standard InChI is InChI=1S/C20H40N2O/c1-19(2,3)16-22-11-7-17(8-12-22)15-21-13-9-18(10-14-21)23-20(4,5)6/h17-18H,7-16H2,1-6H3. The summed E-state index contributed by atoms with van der Waals surface area (Å²) in [5, 5.41) is 0. The molecular weight excluding hydrogens is 284 g/mol. The molecule has 0 saturated carbocycles. The van der Waals surface area contributed by atoms with Crippen LogP contribution in [0.1, 0.15) is 67.2 Å². The summed E-state index contributed by atoms with van der Waals surface area (Å²) >= 11 is 0. The van der Waals surface area contributed by atoms with Gasteiger partial charge in [-0.1, -0.05) is 20.8 Å². The molecule has 0 spiro atoms. The van der Waals surface area contributed by atoms with Gasteiger partial charge >= 0.3 is 0 Å². The Balaban J connectivity index is 1.64. The fraction of sp³-hybridized carbons (Fsp3) is 1.00. The van der Waals surface area contributed by atoms with Gasteiger partial charge in [-0.05, 0) is 70.9 Å². The first-order valence-electron chi connectivity index (χ1n) is 9.73. The summed E-state index contributed by atoms with van der Waals surface area (Å²) in [7, 11) is 0. The van der Waals surface area contributed by atoms with Crippen LogP contribution in [0.15, 0.2) is 0 Å². The lowest BCUT2D eigenvalue weighted by atomic mass is 9.91. The van der Waals surface area contributed by atoms with Gasteiger partial charge in [-0.25, -0.2) is 0 Å². The zero-order valence-electron chi connectivity index (χ0n) is 16.5. The average Bonchev–Trinajstić information content (AvgIpc) is 2.40. The van der Waals surface area contributed by atoms with Crippen LogP contribution in [-0.4, -0.2) is 60.8 Å². The summed E-state index contributed by atoms with van der Waals surface area (Å²) in [6.07, 6.45) is 5.66. The number of hydrogen-bond acceptors (Lipinski definition) is 3. The predicted molar refractivity (Wildman–Crippen MR) is 98.9 cm³/mol. The van der Waals surface area contributed by atoms with Gasteiger partial charge in [-0.2, -0.15) is 0 Å². The molecule has 23 heavy (non-hydrogen) atoms. The molecule has 0 unspecified atom stereocenters. The Labute approximate surface area is 144 Å². The second-order valence-corrected chi connectivity index (χ2v) is 10.0. The molecule has 0 atom stereocenters. The molecule has 3 nitrogen and oxygen atoms in total. The molecule has 2 fully saturated rings. The molecule has 2 aliphatic heterocycles. The van der Waals surface area contributed by atoms with Crippen molar-refractivity contribution in [3.8, 4) is 0 Å². The van der Waals surface area contributed by atoms with Gasteiger partial charge in [-0.3, -0.25) is 0 Å². The Hall–Kier alpha value is -0.120. The molecule has 2 saturated heterocycles. The first kappa shape index (κ1) is 19.2. The third-order valence-electron chi connectivity index (χ3n) is 4.98. The quantitative estimate of drug-likeness (QED) is 0.776. The summed E-state index contributed by atoms with van der Waals surface area (Å²) < 4.78 is 6.14. The molecule has 2 aliphatic rings. The van der Waals surface area contributed by atoms with Crippen molar-refractivity contribution in [2.45, 2.75) is 78.9 Å². The zero-order valence-corrected chi connectivity index (χ0v) is 16.5. The Morgan fingerprint density at radius 1 is 0.783 bits per heavy atom. The van der Waals surface area contributed by atoms with E-state index in [0.29, 0.717) is 11.5 Å². The molecule has 0 aromatic heterocycles. The van der Waals surface area contributed by atoms with Gasteiger partial charge in [0.15, 0.2) is 0 Å². The second kappa shape index (κ2) is 7.84. The van der Waals surface area contributed by atoms with Gasteiger partial charge in [0.1, 0.15) is 0 Å². The van der Waals surface area contributed by atoms with Crippen LogP contribution in [0, 0.1) is 11.3 Å². The second-order valence-electron chi connectivity index (χ2n) is 10.0. The first-order chi connectivity index (χ1) is 10.6. The molecule has 2 heterocycles. The van der Waals surface area contributed by atoms with Crippen LogP contribution >= 0.6 is 0 Å². The van der Waals surface area contributed by atoms with E-state index in [-0.39, 0.29) is 5.60 Å². The van der Waals surface area contributed by atoms with Crippen LogP contribution in [0.25, 0.3) is 0 Å². The van der Waals surface area contributed by atoms with Crippen molar-refractivity contribution in [3.05, 3.63) is 0 Å². The van der Waals surface area contributed by atoms with E-state index in [4.69, 9.17) is 4.74 Å². The third-order valence-corrected chi connectivity index (χ3v) is 4.98. The monoisotopic (exact) mass is 324 g/mol. The highest BCUT2D eigenvalue weighted by atomic mass is 16.5. The van der Waals surface area contributed by atoms with Crippen molar-refractivity contribution in [2.75, 3.05) is 39.3 Å². The van der Waals surface area contributed by atoms with Crippen molar-refractivity contribution in [2.24, 2.45) is 11.3 Å². The molecule has 0 aromatic carbocycles. The number of hydrogen-bond donors (Lipinski definition) is 0. The molecule has 0 aromatic rings. The molecule has 0 radical (unpaired) electrons. The highest BCUT2D eigenvalue weighted by molar-refractivity contribution is 4.81. The van der Waals surface area contributed by atoms with Crippen molar-refractivity contribution < 1.29 is 4.74 Å². The first-order valence-corrected chi connectivity index (χ1v) is 9.73. The van der Waals surface area contributed by atoms with Crippen LogP contribution in [0.4, 0.5) is 0 Å². The molecule has 3 heteroatoms. The third kappa shape index (κ3) is 7.53. The van der Waals surface area contributed by atoms with Crippen molar-refractivity contribution >= 4 is 0 Å². The Kier molecular flexibility index (Phi) is 6.55. The maximum atomic E-state index is 6.14. The number of rotatable bonds is 4. The minimum Gasteiger partial charge on any atom is -0.373 e. The topological polar surface area (TPSA) is 15.7 Å². The molecule has 2 rings (SSSR count). The van der Waals surface area contributed by atoms with Crippen molar-refractivity contribution in [3.63, 3.8) is 0 Å². The van der Waals surface area contributed by atoms with E-state index in [2.05, 4.69) is 51.3 Å². The van der Waals surface area contributed by atoms with Gasteiger partial charge in [-0.15, -0.1) is 0 Å². The fourth-order valence-corrected chi connectivity index (χ4v) is 4.07. The van der Waals surface area contributed by atoms with E-state index in [0.717, 1.165) is 5.92 Å². The van der Waals surface area contributed by atoms with E-state index in [1.54, 1.807) is 0 Å². The minimum absolute atomic E-state index is 0.00667. The highest BCUT2D eigenvalue weighted by Gasteiger charge is 2.27. The molecule has 136 valence electrons. The van der Waals surface area contributed by atoms with Crippen LogP contribution in [0.2, 0.25) is 0 Å². The molecular formula is C20H40N2O. The Bertz CT molecular complexity index is 306. The zero-order chi connectivity index (χ0) is 17.1. The number of piperidine rings is 2. The lowest BCUT2D eigenvalue weighted by Crippen LogP contribution is -2.45. The van der Waals surface area contributed by atoms with E-state index in [9.17, 15) is 0 Å². The molecule has 0 aliphatic carbocycles. The fourth-order valence-electron chi connectivity index (χ4n) is 4.07. The Morgan fingerprint density at radius 2 is 1.30 bits per heavy atom. The number of nitrogens with zero attached hydrogens (tertiary/aromatic N) is 2. The minimum atomic E-state index is 0.00667. The van der Waals surface area contributed by atoms with Gasteiger partial charge in [0.2, 0.25) is 0 Å². The predicted octanol–water partition coefficient (Wildman–Crippen LogP) is 4.02. The van der Waals surface area contributed by atoms with E-state index in [1.165, 1.54) is 65.0 Å². The summed E-state index contributed by atoms with van der Waals surface area (Å²) in [5.41, 5.74) is 0.439. The number of ether oxygens (including phenoxy) is 1. The SMILES string of the molecule is CC(C)(C)CN1CCC(CN2CCC(OC(C)(C)C)CC2)CC1. The van der Waals surface area contributed by atoms with Gasteiger partial charge in [0.05, 0.1) is 11.7 Å². The summed E-state index contributed by atoms with van der Waals surface area (Å²) in [6, 6.07) is 0. The molecule has 0 bridgehead atoms. The van der Waals surface area contributed by atoms with Gasteiger partial charge in [0, 0.05) is 26.2 Å². The summed E-state index contributed by atoms with van der Waals surface area (Å²) in [5.74, 6) is 0.909. The van der Waals surface area contributed by atoms with Crippen LogP contribution in [0.5, 0.6) is 0 Å². The van der Waals surface area contributed by atoms with Gasteiger partial charge < -0.3 is 14.5 Å². The largest absolute Gasteiger partial charge is 0.373 e. The lowest BCUT2D eigenvalue weighted by Gasteiger charge is -2.40. The van der Waals surface area contributed by atoms with Crippen LogP contribution < -0.4 is 0 Å². The van der Waals surface area contributed by atoms with E-state index >= 15 is 0 Å². The summed E-state index contributed by atoms with van der Waals surface area (Å²) in [6.45, 7) is 21.2. The number of likely N-dealkylation sites (tertiary alicyclic amines) is 2. The molecule has 0 amide bonds. The maximum absolute atomic E-state index is 6.14. The summed E-state index contributed by atoms with van der Waals surface area (Å²) in [4.78, 5) is 5.35. The Morgan fingerprint density at radius 3 is 1.78 bits per heavy atom. The highest BCUT2D eigenvalue weighted by Crippen LogP contribution is 2.25. The van der Waals surface area contributed by atoms with Crippen LogP contribution in [-0.2, 0) is 4.74 Å². The van der Waals surface area contributed by atoms with Crippen LogP contribution in [0.3, 0.4) is 0 Å². The normalized spacial score (nSPS) is 24.3. The maximum Gasteiger partial charge on any atom is 0.0606 e. The molecule has 0 N–H and O–H groups in total. The lowest BCUT2D eigenvalue weighted by molar-refractivity contribution is -0.0834. The average molecular weight is 325 g/mol. The van der Waals surface area contributed by atoms with E-state index in [1.807, 2.05) is 0 Å². The van der Waals surface area contributed by atoms with Crippen molar-refractivity contribution in [1.82, 2.24) is 9.80 Å².